The minimum absolute atomic E-state index is 0.151. The fraction of sp³-hybridized carbons (Fsp3) is 0.231. The molecule has 9 heteroatoms. The Hall–Kier alpha value is -2.09. The Bertz CT molecular complexity index is 685. The van der Waals surface area contributed by atoms with Crippen LogP contribution in [0.4, 0.5) is 17.6 Å². The van der Waals surface area contributed by atoms with E-state index < -0.39 is 40.6 Å². The number of halogens is 5. The summed E-state index contributed by atoms with van der Waals surface area (Å²) in [6, 6.07) is 1.53. The summed E-state index contributed by atoms with van der Waals surface area (Å²) < 4.78 is 52.8. The fourth-order valence-electron chi connectivity index (χ4n) is 1.91. The van der Waals surface area contributed by atoms with Gasteiger partial charge in [-0.15, -0.1) is 0 Å². The number of amides is 1. The van der Waals surface area contributed by atoms with Gasteiger partial charge in [0.1, 0.15) is 5.82 Å². The lowest BCUT2D eigenvalue weighted by Crippen LogP contribution is -2.28. The number of nitrogens with one attached hydrogen (secondary N) is 1. The number of hydrogen-bond acceptors (Lipinski definition) is 2. The smallest absolute Gasteiger partial charge is 0.337 e. The zero-order chi connectivity index (χ0) is 16.5. The molecule has 0 saturated carbocycles. The molecular formula is C13H10ClF4N3O. The van der Waals surface area contributed by atoms with Crippen molar-refractivity contribution in [2.45, 2.75) is 12.7 Å². The van der Waals surface area contributed by atoms with Crippen molar-refractivity contribution in [3.05, 3.63) is 52.1 Å². The van der Waals surface area contributed by atoms with Crippen molar-refractivity contribution in [1.29, 1.82) is 0 Å². The number of hydrogen-bond donors (Lipinski definition) is 1. The topological polar surface area (TPSA) is 49.0 Å². The zero-order valence-electron chi connectivity index (χ0n) is 11.2. The van der Waals surface area contributed by atoms with E-state index in [-0.39, 0.29) is 5.56 Å². The molecule has 0 aliphatic carbocycles. The molecule has 0 spiro atoms. The van der Waals surface area contributed by atoms with Gasteiger partial charge < -0.3 is 4.90 Å². The summed E-state index contributed by atoms with van der Waals surface area (Å²) in [5.74, 6) is -1.79. The SMILES string of the molecule is CN(Cc1c(C(F)(F)F)ccc(Cl)c1F)C(=O)c1cn[nH]c1. The molecule has 2 rings (SSSR count). The number of H-pyrrole nitrogens is 1. The first kappa shape index (κ1) is 16.3. The van der Waals surface area contributed by atoms with Gasteiger partial charge in [0, 0.05) is 25.4 Å². The van der Waals surface area contributed by atoms with Crippen LogP contribution in [0.15, 0.2) is 24.5 Å². The second-order valence-electron chi connectivity index (χ2n) is 4.53. The molecule has 0 unspecified atom stereocenters. The van der Waals surface area contributed by atoms with Crippen molar-refractivity contribution in [1.82, 2.24) is 15.1 Å². The molecule has 1 aromatic carbocycles. The van der Waals surface area contributed by atoms with Gasteiger partial charge in [0.05, 0.1) is 22.3 Å². The van der Waals surface area contributed by atoms with Crippen LogP contribution < -0.4 is 0 Å². The molecule has 0 fully saturated rings. The average Bonchev–Trinajstić information content (AvgIpc) is 2.95. The van der Waals surface area contributed by atoms with Crippen LogP contribution in [0.3, 0.4) is 0 Å². The molecule has 0 saturated heterocycles. The highest BCUT2D eigenvalue weighted by atomic mass is 35.5. The van der Waals surface area contributed by atoms with Gasteiger partial charge in [-0.25, -0.2) is 4.39 Å². The van der Waals surface area contributed by atoms with Gasteiger partial charge in [-0.3, -0.25) is 9.89 Å². The predicted molar refractivity (Wildman–Crippen MR) is 70.8 cm³/mol. The first-order valence-corrected chi connectivity index (χ1v) is 6.38. The van der Waals surface area contributed by atoms with Crippen molar-refractivity contribution in [2.75, 3.05) is 7.05 Å². The molecule has 0 aliphatic heterocycles. The van der Waals surface area contributed by atoms with E-state index in [9.17, 15) is 22.4 Å². The summed E-state index contributed by atoms with van der Waals surface area (Å²) in [5.41, 5.74) is -1.70. The zero-order valence-corrected chi connectivity index (χ0v) is 12.0. The molecule has 22 heavy (non-hydrogen) atoms. The summed E-state index contributed by atoms with van der Waals surface area (Å²) in [6.07, 6.45) is -2.24. The molecule has 2 aromatic rings. The maximum absolute atomic E-state index is 14.0. The van der Waals surface area contributed by atoms with Crippen LogP contribution in [0.25, 0.3) is 0 Å². The van der Waals surface area contributed by atoms with E-state index in [0.29, 0.717) is 6.07 Å². The number of nitrogens with zero attached hydrogens (tertiary/aromatic N) is 2. The quantitative estimate of drug-likeness (QED) is 0.873. The summed E-state index contributed by atoms with van der Waals surface area (Å²) >= 11 is 5.54. The molecule has 1 heterocycles. The summed E-state index contributed by atoms with van der Waals surface area (Å²) in [4.78, 5) is 12.9. The van der Waals surface area contributed by atoms with Crippen LogP contribution >= 0.6 is 11.6 Å². The monoisotopic (exact) mass is 335 g/mol. The number of carbonyl (C=O) groups is 1. The number of alkyl halides is 3. The van der Waals surface area contributed by atoms with Crippen LogP contribution in [0.5, 0.6) is 0 Å². The van der Waals surface area contributed by atoms with Crippen molar-refractivity contribution in [3.8, 4) is 0 Å². The van der Waals surface area contributed by atoms with Gasteiger partial charge >= 0.3 is 6.18 Å². The Kier molecular flexibility index (Phi) is 4.41. The number of aromatic amines is 1. The third-order valence-electron chi connectivity index (χ3n) is 2.99. The molecule has 0 atom stereocenters. The van der Waals surface area contributed by atoms with Crippen molar-refractivity contribution < 1.29 is 22.4 Å². The van der Waals surface area contributed by atoms with Gasteiger partial charge in [-0.1, -0.05) is 11.6 Å². The number of benzene rings is 1. The second kappa shape index (κ2) is 5.96. The standard InChI is InChI=1S/C13H10ClF4N3O/c1-21(12(22)7-4-19-20-5-7)6-8-9(13(16,17)18)2-3-10(14)11(8)15/h2-5H,6H2,1H3,(H,19,20). The van der Waals surface area contributed by atoms with E-state index in [2.05, 4.69) is 10.2 Å². The van der Waals surface area contributed by atoms with E-state index in [4.69, 9.17) is 11.6 Å². The highest BCUT2D eigenvalue weighted by molar-refractivity contribution is 6.30. The van der Waals surface area contributed by atoms with Crippen LogP contribution in [0.2, 0.25) is 5.02 Å². The number of carbonyl (C=O) groups excluding carboxylic acids is 1. The van der Waals surface area contributed by atoms with Gasteiger partial charge in [-0.2, -0.15) is 18.3 Å². The Morgan fingerprint density at radius 1 is 1.41 bits per heavy atom. The average molecular weight is 336 g/mol. The normalized spacial score (nSPS) is 11.5. The molecule has 1 amide bonds. The summed E-state index contributed by atoms with van der Waals surface area (Å²) in [5, 5.41) is 5.55. The maximum atomic E-state index is 14.0. The van der Waals surface area contributed by atoms with E-state index in [0.717, 1.165) is 11.0 Å². The molecule has 118 valence electrons. The Morgan fingerprint density at radius 3 is 2.64 bits per heavy atom. The van der Waals surface area contributed by atoms with Gasteiger partial charge in [0.15, 0.2) is 0 Å². The largest absolute Gasteiger partial charge is 0.416 e. The Labute approximate surface area is 127 Å². The van der Waals surface area contributed by atoms with Gasteiger partial charge in [0.2, 0.25) is 0 Å². The van der Waals surface area contributed by atoms with E-state index in [1.165, 1.54) is 19.4 Å². The molecular weight excluding hydrogens is 326 g/mol. The predicted octanol–water partition coefficient (Wildman–Crippen LogP) is 3.49. The maximum Gasteiger partial charge on any atom is 0.416 e. The molecule has 4 nitrogen and oxygen atoms in total. The lowest BCUT2D eigenvalue weighted by Gasteiger charge is -2.20. The van der Waals surface area contributed by atoms with Crippen LogP contribution in [0.1, 0.15) is 21.5 Å². The first-order chi connectivity index (χ1) is 10.2. The first-order valence-electron chi connectivity index (χ1n) is 6.00. The molecule has 1 aromatic heterocycles. The second-order valence-corrected chi connectivity index (χ2v) is 4.94. The van der Waals surface area contributed by atoms with E-state index >= 15 is 0 Å². The van der Waals surface area contributed by atoms with Crippen molar-refractivity contribution in [3.63, 3.8) is 0 Å². The molecule has 1 N–H and O–H groups in total. The molecule has 0 aliphatic rings. The van der Waals surface area contributed by atoms with Crippen LogP contribution in [-0.2, 0) is 12.7 Å². The molecule has 0 bridgehead atoms. The minimum atomic E-state index is -4.75. The fourth-order valence-corrected chi connectivity index (χ4v) is 2.09. The van der Waals surface area contributed by atoms with Crippen molar-refractivity contribution >= 4 is 17.5 Å². The summed E-state index contributed by atoms with van der Waals surface area (Å²) in [7, 11) is 1.26. The van der Waals surface area contributed by atoms with Gasteiger partial charge in [0.25, 0.3) is 5.91 Å². The van der Waals surface area contributed by atoms with Gasteiger partial charge in [-0.05, 0) is 12.1 Å². The third-order valence-corrected chi connectivity index (χ3v) is 3.28. The highest BCUT2D eigenvalue weighted by Crippen LogP contribution is 2.35. The van der Waals surface area contributed by atoms with Crippen LogP contribution in [-0.4, -0.2) is 28.1 Å². The lowest BCUT2D eigenvalue weighted by atomic mass is 10.1. The van der Waals surface area contributed by atoms with Crippen LogP contribution in [0, 0.1) is 5.82 Å². The summed E-state index contributed by atoms with van der Waals surface area (Å²) in [6.45, 7) is -0.578. The van der Waals surface area contributed by atoms with E-state index in [1.807, 2.05) is 0 Å². The number of aromatic nitrogens is 2. The Balaban J connectivity index is 2.36. The molecule has 0 radical (unpaired) electrons. The number of rotatable bonds is 3. The van der Waals surface area contributed by atoms with Crippen molar-refractivity contribution in [2.24, 2.45) is 0 Å². The lowest BCUT2D eigenvalue weighted by molar-refractivity contribution is -0.138. The Morgan fingerprint density at radius 2 is 2.09 bits per heavy atom. The van der Waals surface area contributed by atoms with E-state index in [1.54, 1.807) is 0 Å². The minimum Gasteiger partial charge on any atom is -0.337 e. The third kappa shape index (κ3) is 3.22. The highest BCUT2D eigenvalue weighted by Gasteiger charge is 2.35.